The number of nitrogens with two attached hydrogens (primary N) is 1. The molecule has 0 radical (unpaired) electrons. The van der Waals surface area contributed by atoms with Crippen molar-refractivity contribution >= 4 is 0 Å². The first-order valence-electron chi connectivity index (χ1n) is 5.93. The molecule has 0 bridgehead atoms. The highest BCUT2D eigenvalue weighted by Crippen LogP contribution is 2.11. The molecule has 0 aliphatic heterocycles. The lowest BCUT2D eigenvalue weighted by Crippen LogP contribution is -2.15. The van der Waals surface area contributed by atoms with Crippen LogP contribution in [-0.2, 0) is 6.54 Å². The lowest BCUT2D eigenvalue weighted by molar-refractivity contribution is 0.379. The van der Waals surface area contributed by atoms with E-state index in [2.05, 4.69) is 36.2 Å². The summed E-state index contributed by atoms with van der Waals surface area (Å²) in [5, 5.41) is 8.19. The van der Waals surface area contributed by atoms with Gasteiger partial charge in [0.1, 0.15) is 0 Å². The van der Waals surface area contributed by atoms with Gasteiger partial charge in [-0.3, -0.25) is 4.68 Å². The number of nitrogens with zero attached hydrogens (tertiary/aromatic N) is 4. The van der Waals surface area contributed by atoms with Crippen LogP contribution in [0.4, 0.5) is 0 Å². The van der Waals surface area contributed by atoms with Crippen LogP contribution >= 0.6 is 0 Å². The van der Waals surface area contributed by atoms with Crippen LogP contribution in [0.1, 0.15) is 37.9 Å². The molecule has 5 heteroatoms. The number of hydrogen-bond acceptors (Lipinski definition) is 4. The van der Waals surface area contributed by atoms with Gasteiger partial charge < -0.3 is 10.6 Å². The van der Waals surface area contributed by atoms with E-state index in [9.17, 15) is 0 Å². The van der Waals surface area contributed by atoms with E-state index in [1.807, 2.05) is 10.9 Å². The van der Waals surface area contributed by atoms with Crippen molar-refractivity contribution in [1.82, 2.24) is 19.9 Å². The molecule has 1 aromatic rings. The molecule has 2 N–H and O–H groups in total. The summed E-state index contributed by atoms with van der Waals surface area (Å²) in [5.41, 5.74) is 6.88. The summed E-state index contributed by atoms with van der Waals surface area (Å²) in [6, 6.07) is 0.0348. The zero-order valence-electron chi connectivity index (χ0n) is 10.6. The molecule has 16 heavy (non-hydrogen) atoms. The van der Waals surface area contributed by atoms with Crippen molar-refractivity contribution in [3.05, 3.63) is 11.9 Å². The zero-order valence-corrected chi connectivity index (χ0v) is 10.6. The maximum Gasteiger partial charge on any atom is 0.0994 e. The Morgan fingerprint density at radius 2 is 2.25 bits per heavy atom. The third kappa shape index (κ3) is 4.28. The molecular weight excluding hydrogens is 202 g/mol. The molecule has 0 amide bonds. The predicted octanol–water partition coefficient (Wildman–Crippen LogP) is 1.03. The van der Waals surface area contributed by atoms with Crippen LogP contribution in [-0.4, -0.2) is 40.5 Å². The highest BCUT2D eigenvalue weighted by Gasteiger charge is 2.09. The average Bonchev–Trinajstić information content (AvgIpc) is 2.66. The maximum absolute atomic E-state index is 5.97. The molecule has 0 aliphatic carbocycles. The lowest BCUT2D eigenvalue weighted by Gasteiger charge is -2.08. The Labute approximate surface area is 97.6 Å². The molecule has 1 rings (SSSR count). The van der Waals surface area contributed by atoms with Crippen LogP contribution in [0.2, 0.25) is 0 Å². The Morgan fingerprint density at radius 1 is 1.50 bits per heavy atom. The van der Waals surface area contributed by atoms with Gasteiger partial charge in [-0.15, -0.1) is 5.10 Å². The molecule has 0 fully saturated rings. The largest absolute Gasteiger partial charge is 0.323 e. The fourth-order valence-electron chi connectivity index (χ4n) is 1.60. The average molecular weight is 225 g/mol. The molecule has 5 nitrogen and oxygen atoms in total. The maximum atomic E-state index is 5.97. The molecular formula is C11H23N5. The molecule has 0 saturated carbocycles. The Morgan fingerprint density at radius 3 is 2.88 bits per heavy atom. The highest BCUT2D eigenvalue weighted by atomic mass is 15.4. The molecule has 0 aliphatic rings. The third-order valence-electron chi connectivity index (χ3n) is 2.53. The minimum Gasteiger partial charge on any atom is -0.323 e. The summed E-state index contributed by atoms with van der Waals surface area (Å²) in [6.45, 7) is 4.10. The van der Waals surface area contributed by atoms with E-state index in [4.69, 9.17) is 5.73 Å². The summed E-state index contributed by atoms with van der Waals surface area (Å²) in [7, 11) is 4.15. The smallest absolute Gasteiger partial charge is 0.0994 e. The molecule has 1 heterocycles. The number of rotatable bonds is 7. The molecule has 1 unspecified atom stereocenters. The van der Waals surface area contributed by atoms with Crippen LogP contribution in [0.15, 0.2) is 6.20 Å². The number of hydrogen-bond donors (Lipinski definition) is 1. The van der Waals surface area contributed by atoms with Gasteiger partial charge in [0, 0.05) is 6.54 Å². The number of aryl methyl sites for hydroxylation is 1. The summed E-state index contributed by atoms with van der Waals surface area (Å²) < 4.78 is 1.88. The van der Waals surface area contributed by atoms with Crippen molar-refractivity contribution in [3.8, 4) is 0 Å². The highest BCUT2D eigenvalue weighted by molar-refractivity contribution is 4.99. The second-order valence-electron chi connectivity index (χ2n) is 4.46. The second kappa shape index (κ2) is 6.60. The summed E-state index contributed by atoms with van der Waals surface area (Å²) in [4.78, 5) is 2.17. The third-order valence-corrected chi connectivity index (χ3v) is 2.53. The first-order chi connectivity index (χ1) is 7.63. The second-order valence-corrected chi connectivity index (χ2v) is 4.46. The monoisotopic (exact) mass is 225 g/mol. The first-order valence-corrected chi connectivity index (χ1v) is 5.93. The Balaban J connectivity index is 2.39. The molecule has 0 spiro atoms. The van der Waals surface area contributed by atoms with Gasteiger partial charge in [0.15, 0.2) is 0 Å². The quantitative estimate of drug-likeness (QED) is 0.753. The van der Waals surface area contributed by atoms with E-state index < -0.39 is 0 Å². The van der Waals surface area contributed by atoms with Gasteiger partial charge in [0.05, 0.1) is 17.9 Å². The van der Waals surface area contributed by atoms with Gasteiger partial charge in [0.25, 0.3) is 0 Å². The van der Waals surface area contributed by atoms with Gasteiger partial charge in [-0.05, 0) is 33.5 Å². The fraction of sp³-hybridized carbons (Fsp3) is 0.818. The first kappa shape index (κ1) is 13.1. The van der Waals surface area contributed by atoms with E-state index in [-0.39, 0.29) is 6.04 Å². The van der Waals surface area contributed by atoms with E-state index in [0.29, 0.717) is 0 Å². The van der Waals surface area contributed by atoms with Crippen molar-refractivity contribution in [1.29, 1.82) is 0 Å². The van der Waals surface area contributed by atoms with Crippen molar-refractivity contribution in [2.24, 2.45) is 5.73 Å². The normalized spacial score (nSPS) is 13.3. The van der Waals surface area contributed by atoms with Gasteiger partial charge >= 0.3 is 0 Å². The van der Waals surface area contributed by atoms with Crippen molar-refractivity contribution in [2.45, 2.75) is 38.8 Å². The predicted molar refractivity (Wildman–Crippen MR) is 65.0 cm³/mol. The molecule has 1 atom stereocenters. The standard InChI is InChI=1S/C11H23N5/c1-4-6-10(12)11-9-16(14-13-11)8-5-7-15(2)3/h9-10H,4-8,12H2,1-3H3. The summed E-state index contributed by atoms with van der Waals surface area (Å²) in [6.07, 6.45) is 5.10. The van der Waals surface area contributed by atoms with Gasteiger partial charge in [-0.2, -0.15) is 0 Å². The summed E-state index contributed by atoms with van der Waals surface area (Å²) >= 11 is 0. The van der Waals surface area contributed by atoms with Gasteiger partial charge in [-0.1, -0.05) is 18.6 Å². The van der Waals surface area contributed by atoms with Crippen LogP contribution in [0.5, 0.6) is 0 Å². The topological polar surface area (TPSA) is 60.0 Å². The summed E-state index contributed by atoms with van der Waals surface area (Å²) in [5.74, 6) is 0. The molecule has 0 saturated heterocycles. The van der Waals surface area contributed by atoms with Gasteiger partial charge in [0.2, 0.25) is 0 Å². The van der Waals surface area contributed by atoms with Crippen LogP contribution in [0.25, 0.3) is 0 Å². The van der Waals surface area contributed by atoms with Crippen molar-refractivity contribution in [2.75, 3.05) is 20.6 Å². The minimum absolute atomic E-state index is 0.0348. The van der Waals surface area contributed by atoms with Crippen LogP contribution in [0, 0.1) is 0 Å². The van der Waals surface area contributed by atoms with Gasteiger partial charge in [-0.25, -0.2) is 0 Å². The Hall–Kier alpha value is -0.940. The SMILES string of the molecule is CCCC(N)c1cn(CCCN(C)C)nn1. The molecule has 1 aromatic heterocycles. The van der Waals surface area contributed by atoms with Crippen molar-refractivity contribution < 1.29 is 0 Å². The van der Waals surface area contributed by atoms with E-state index in [0.717, 1.165) is 38.0 Å². The Bertz CT molecular complexity index is 294. The molecule has 0 aromatic carbocycles. The van der Waals surface area contributed by atoms with Crippen LogP contribution < -0.4 is 5.73 Å². The van der Waals surface area contributed by atoms with Crippen LogP contribution in [0.3, 0.4) is 0 Å². The van der Waals surface area contributed by atoms with E-state index >= 15 is 0 Å². The van der Waals surface area contributed by atoms with Crippen molar-refractivity contribution in [3.63, 3.8) is 0 Å². The minimum atomic E-state index is 0.0348. The lowest BCUT2D eigenvalue weighted by atomic mass is 10.1. The van der Waals surface area contributed by atoms with E-state index in [1.165, 1.54) is 0 Å². The molecule has 92 valence electrons. The fourth-order valence-corrected chi connectivity index (χ4v) is 1.60. The zero-order chi connectivity index (χ0) is 12.0. The Kier molecular flexibility index (Phi) is 5.42. The van der Waals surface area contributed by atoms with E-state index in [1.54, 1.807) is 0 Å². The number of aromatic nitrogens is 3.